The van der Waals surface area contributed by atoms with E-state index in [1.54, 1.807) is 0 Å². The molecule has 0 aliphatic heterocycles. The molecule has 0 aliphatic rings. The topological polar surface area (TPSA) is 0 Å². The van der Waals surface area contributed by atoms with Gasteiger partial charge < -0.3 is 0 Å². The second-order valence-corrected chi connectivity index (χ2v) is 5.38. The van der Waals surface area contributed by atoms with E-state index < -0.39 is 0 Å². The molecule has 0 unspecified atom stereocenters. The zero-order valence-electron chi connectivity index (χ0n) is 10.5. The van der Waals surface area contributed by atoms with Crippen LogP contribution < -0.4 is 0 Å². The van der Waals surface area contributed by atoms with Gasteiger partial charge in [0.25, 0.3) is 0 Å². The molecule has 0 radical (unpaired) electrons. The molecular weight excluding hydrogens is 232 g/mol. The summed E-state index contributed by atoms with van der Waals surface area (Å²) in [6.07, 6.45) is 1.85. The van der Waals surface area contributed by atoms with Crippen molar-refractivity contribution in [2.24, 2.45) is 0 Å². The van der Waals surface area contributed by atoms with Crippen LogP contribution in [0.1, 0.15) is 35.6 Å². The fourth-order valence-electron chi connectivity index (χ4n) is 1.96. The van der Waals surface area contributed by atoms with E-state index in [9.17, 15) is 0 Å². The molecule has 1 aromatic rings. The number of hydrogen-bond donors (Lipinski definition) is 2. The van der Waals surface area contributed by atoms with E-state index >= 15 is 0 Å². The average Bonchev–Trinajstić information content (AvgIpc) is 2.21. The summed E-state index contributed by atoms with van der Waals surface area (Å²) in [5.74, 6) is 0. The first-order valence-corrected chi connectivity index (χ1v) is 6.51. The Bertz CT molecular complexity index is 394. The molecule has 0 amide bonds. The third-order valence-corrected chi connectivity index (χ3v) is 4.04. The first-order chi connectivity index (χ1) is 7.45. The maximum absolute atomic E-state index is 4.54. The highest BCUT2D eigenvalue weighted by Crippen LogP contribution is 2.25. The first-order valence-electron chi connectivity index (χ1n) is 5.62. The Kier molecular flexibility index (Phi) is 5.00. The predicted molar refractivity (Wildman–Crippen MR) is 79.6 cm³/mol. The Morgan fingerprint density at radius 2 is 1.50 bits per heavy atom. The van der Waals surface area contributed by atoms with Crippen LogP contribution in [0.3, 0.4) is 0 Å². The lowest BCUT2D eigenvalue weighted by molar-refractivity contribution is 1.11. The van der Waals surface area contributed by atoms with Gasteiger partial charge in [-0.05, 0) is 53.7 Å². The third kappa shape index (κ3) is 3.33. The van der Waals surface area contributed by atoms with E-state index in [2.05, 4.69) is 65.1 Å². The molecule has 1 aromatic carbocycles. The molecule has 0 bridgehead atoms. The Morgan fingerprint density at radius 1 is 1.00 bits per heavy atom. The van der Waals surface area contributed by atoms with E-state index in [-0.39, 0.29) is 0 Å². The van der Waals surface area contributed by atoms with Crippen LogP contribution in [-0.4, -0.2) is 0 Å². The number of allylic oxidation sites excluding steroid dienone is 2. The van der Waals surface area contributed by atoms with E-state index in [4.69, 9.17) is 0 Å². The van der Waals surface area contributed by atoms with Crippen molar-refractivity contribution in [3.63, 3.8) is 0 Å². The molecule has 0 saturated carbocycles. The minimum absolute atomic E-state index is 0.897. The van der Waals surface area contributed by atoms with Gasteiger partial charge in [-0.15, -0.1) is 25.3 Å². The molecule has 1 rings (SSSR count). The quantitative estimate of drug-likeness (QED) is 0.720. The van der Waals surface area contributed by atoms with Gasteiger partial charge in [-0.3, -0.25) is 0 Å². The first kappa shape index (κ1) is 13.7. The van der Waals surface area contributed by atoms with Crippen molar-refractivity contribution < 1.29 is 0 Å². The summed E-state index contributed by atoms with van der Waals surface area (Å²) in [7, 11) is 0. The summed E-state index contributed by atoms with van der Waals surface area (Å²) < 4.78 is 0. The summed E-state index contributed by atoms with van der Waals surface area (Å²) in [6, 6.07) is 4.46. The molecule has 2 heteroatoms. The average molecular weight is 252 g/mol. The summed E-state index contributed by atoms with van der Waals surface area (Å²) in [5.41, 5.74) is 5.41. The number of rotatable bonds is 3. The minimum atomic E-state index is 0.897. The highest BCUT2D eigenvalue weighted by Gasteiger charge is 2.06. The predicted octanol–water partition coefficient (Wildman–Crippen LogP) is 4.64. The van der Waals surface area contributed by atoms with Crippen LogP contribution in [0.15, 0.2) is 21.9 Å². The van der Waals surface area contributed by atoms with Crippen LogP contribution in [0.2, 0.25) is 0 Å². The van der Waals surface area contributed by atoms with Crippen LogP contribution in [0.25, 0.3) is 0 Å². The summed E-state index contributed by atoms with van der Waals surface area (Å²) in [4.78, 5) is 2.17. The summed E-state index contributed by atoms with van der Waals surface area (Å²) >= 11 is 8.99. The third-order valence-electron chi connectivity index (χ3n) is 2.85. The molecule has 0 aliphatic carbocycles. The molecule has 0 aromatic heterocycles. The minimum Gasteiger partial charge on any atom is -0.147 e. The van der Waals surface area contributed by atoms with Crippen molar-refractivity contribution in [1.29, 1.82) is 0 Å². The van der Waals surface area contributed by atoms with Gasteiger partial charge in [0.15, 0.2) is 0 Å². The molecule has 0 heterocycles. The van der Waals surface area contributed by atoms with Crippen molar-refractivity contribution in [2.75, 3.05) is 0 Å². The zero-order chi connectivity index (χ0) is 12.3. The monoisotopic (exact) mass is 252 g/mol. The van der Waals surface area contributed by atoms with Crippen LogP contribution in [-0.2, 0) is 6.42 Å². The van der Waals surface area contributed by atoms with E-state index in [0.29, 0.717) is 0 Å². The number of benzene rings is 1. The lowest BCUT2D eigenvalue weighted by Crippen LogP contribution is -1.96. The van der Waals surface area contributed by atoms with Gasteiger partial charge >= 0.3 is 0 Å². The largest absolute Gasteiger partial charge is 0.147 e. The van der Waals surface area contributed by atoms with E-state index in [0.717, 1.165) is 22.7 Å². The number of thiol groups is 2. The van der Waals surface area contributed by atoms with Gasteiger partial charge in [0.05, 0.1) is 0 Å². The van der Waals surface area contributed by atoms with Crippen molar-refractivity contribution in [2.45, 2.75) is 40.5 Å². The lowest BCUT2D eigenvalue weighted by atomic mass is 9.97. The van der Waals surface area contributed by atoms with Crippen molar-refractivity contribution >= 4 is 25.3 Å². The molecule has 0 atom stereocenters. The van der Waals surface area contributed by atoms with Gasteiger partial charge in [0.2, 0.25) is 0 Å². The van der Waals surface area contributed by atoms with Crippen molar-refractivity contribution in [3.05, 3.63) is 44.2 Å². The van der Waals surface area contributed by atoms with Gasteiger partial charge in [-0.25, -0.2) is 0 Å². The normalized spacial score (nSPS) is 12.6. The van der Waals surface area contributed by atoms with Crippen LogP contribution in [0.5, 0.6) is 0 Å². The summed E-state index contributed by atoms with van der Waals surface area (Å²) in [5, 5.41) is 0. The number of aryl methyl sites for hydroxylation is 3. The maximum atomic E-state index is 4.54. The zero-order valence-corrected chi connectivity index (χ0v) is 12.3. The number of hydrogen-bond acceptors (Lipinski definition) is 2. The van der Waals surface area contributed by atoms with Crippen LogP contribution in [0, 0.1) is 20.8 Å². The van der Waals surface area contributed by atoms with Crippen molar-refractivity contribution in [3.8, 4) is 0 Å². The molecule has 88 valence electrons. The van der Waals surface area contributed by atoms with Gasteiger partial charge in [0.1, 0.15) is 0 Å². The van der Waals surface area contributed by atoms with E-state index in [1.807, 2.05) is 0 Å². The molecule has 0 N–H and O–H groups in total. The van der Waals surface area contributed by atoms with Crippen LogP contribution in [0.4, 0.5) is 0 Å². The second-order valence-electron chi connectivity index (χ2n) is 4.30. The van der Waals surface area contributed by atoms with E-state index in [1.165, 1.54) is 22.3 Å². The molecule has 16 heavy (non-hydrogen) atoms. The van der Waals surface area contributed by atoms with Crippen molar-refractivity contribution in [1.82, 2.24) is 0 Å². The maximum Gasteiger partial charge on any atom is 0.00449 e. The molecule has 0 spiro atoms. The smallest absolute Gasteiger partial charge is 0.00449 e. The molecular formula is C14H20S2. The van der Waals surface area contributed by atoms with Crippen LogP contribution >= 0.6 is 25.3 Å². The fourth-order valence-corrected chi connectivity index (χ4v) is 2.36. The SMILES string of the molecule is CC/C(S)=C(/S)Cc1c(C)cc(C)cc1C. The van der Waals surface area contributed by atoms with Gasteiger partial charge in [-0.1, -0.05) is 24.6 Å². The lowest BCUT2D eigenvalue weighted by Gasteiger charge is -2.12. The Labute approximate surface area is 110 Å². The van der Waals surface area contributed by atoms with Gasteiger partial charge in [-0.2, -0.15) is 0 Å². The van der Waals surface area contributed by atoms with Gasteiger partial charge in [0, 0.05) is 6.42 Å². The standard InChI is InChI=1S/C14H20S2/c1-5-13(15)14(16)8-12-10(3)6-9(2)7-11(12)4/h6-7,15-16H,5,8H2,1-4H3/b14-13-. The fraction of sp³-hybridized carbons (Fsp3) is 0.429. The summed E-state index contributed by atoms with van der Waals surface area (Å²) in [6.45, 7) is 8.58. The Morgan fingerprint density at radius 3 is 1.94 bits per heavy atom. The molecule has 0 nitrogen and oxygen atoms in total. The molecule has 0 saturated heterocycles. The highest BCUT2D eigenvalue weighted by molar-refractivity contribution is 7.88. The Hall–Kier alpha value is -0.340. The highest BCUT2D eigenvalue weighted by atomic mass is 32.1. The Balaban J connectivity index is 3.07. The molecule has 0 fully saturated rings. The second kappa shape index (κ2) is 5.83.